The molecule has 0 radical (unpaired) electrons. The van der Waals surface area contributed by atoms with Gasteiger partial charge in [-0.15, -0.1) is 5.10 Å². The lowest BCUT2D eigenvalue weighted by Gasteiger charge is -2.41. The lowest BCUT2D eigenvalue weighted by molar-refractivity contribution is -0.475. The minimum Gasteiger partial charge on any atom is -0.479 e. The van der Waals surface area contributed by atoms with Crippen LogP contribution >= 0.6 is 0 Å². The molecule has 1 atom stereocenters. The fourth-order valence-electron chi connectivity index (χ4n) is 3.90. The molecule has 0 saturated heterocycles. The van der Waals surface area contributed by atoms with E-state index in [1.165, 1.54) is 0 Å². The minimum absolute atomic E-state index is 0.0521. The van der Waals surface area contributed by atoms with Gasteiger partial charge in [-0.2, -0.15) is 9.56 Å². The summed E-state index contributed by atoms with van der Waals surface area (Å²) in [7, 11) is 1.61. The van der Waals surface area contributed by atoms with E-state index in [2.05, 4.69) is 43.3 Å². The van der Waals surface area contributed by atoms with E-state index >= 15 is 0 Å². The largest absolute Gasteiger partial charge is 0.479 e. The van der Waals surface area contributed by atoms with Gasteiger partial charge < -0.3 is 15.2 Å². The second-order valence-electron chi connectivity index (χ2n) is 7.47. The number of hydrogen-bond acceptors (Lipinski definition) is 6. The highest BCUT2D eigenvalue weighted by Gasteiger charge is 2.38. The molecule has 0 spiro atoms. The van der Waals surface area contributed by atoms with Gasteiger partial charge in [0.05, 0.1) is 18.9 Å². The van der Waals surface area contributed by atoms with Gasteiger partial charge in [0, 0.05) is 29.5 Å². The number of aliphatic hydroxyl groups is 1. The molecule has 1 saturated carbocycles. The maximum Gasteiger partial charge on any atom is 0.270 e. The first kappa shape index (κ1) is 16.2. The zero-order valence-corrected chi connectivity index (χ0v) is 15.2. The average Bonchev–Trinajstić information content (AvgIpc) is 3.25. The standard InChI is InChI=1S/C19H21N6O2/c1-19(26)9-13(10-19)21-18-22-17(27-2)16-14(5-7-25(16)23-18)12-3-4-15-20-6-8-24(15)11-12/h3-8,11,13,15,26H,9-10H2,1-2H3,(H,21,23)/q+1. The number of methoxy groups -OCH3 is 1. The highest BCUT2D eigenvalue weighted by Crippen LogP contribution is 2.34. The monoisotopic (exact) mass is 365 g/mol. The van der Waals surface area contributed by atoms with Gasteiger partial charge >= 0.3 is 0 Å². The van der Waals surface area contributed by atoms with E-state index in [0.717, 1.165) is 16.7 Å². The summed E-state index contributed by atoms with van der Waals surface area (Å²) in [6.45, 7) is 1.84. The number of fused-ring (bicyclic) bond motifs is 2. The second-order valence-corrected chi connectivity index (χ2v) is 7.47. The Morgan fingerprint density at radius 1 is 1.41 bits per heavy atom. The maximum absolute atomic E-state index is 9.91. The molecule has 1 aliphatic carbocycles. The van der Waals surface area contributed by atoms with Crippen LogP contribution < -0.4 is 10.1 Å². The van der Waals surface area contributed by atoms with Crippen molar-refractivity contribution in [2.24, 2.45) is 4.99 Å². The Morgan fingerprint density at radius 2 is 2.26 bits per heavy atom. The van der Waals surface area contributed by atoms with Crippen molar-refractivity contribution in [2.45, 2.75) is 37.6 Å². The molecule has 8 nitrogen and oxygen atoms in total. The van der Waals surface area contributed by atoms with E-state index in [-0.39, 0.29) is 12.2 Å². The van der Waals surface area contributed by atoms with Crippen molar-refractivity contribution in [1.29, 1.82) is 0 Å². The molecule has 5 rings (SSSR count). The number of aliphatic imine (C=N–C) groups is 1. The topological polar surface area (TPSA) is 87.0 Å². The summed E-state index contributed by atoms with van der Waals surface area (Å²) in [6.07, 6.45) is 13.3. The Balaban J connectivity index is 1.50. The van der Waals surface area contributed by atoms with Gasteiger partial charge in [-0.05, 0) is 31.9 Å². The van der Waals surface area contributed by atoms with Crippen molar-refractivity contribution >= 4 is 29.5 Å². The predicted molar refractivity (Wildman–Crippen MR) is 103 cm³/mol. The van der Waals surface area contributed by atoms with Crippen molar-refractivity contribution in [1.82, 2.24) is 14.6 Å². The average molecular weight is 365 g/mol. The molecular formula is C19H21N6O2+. The summed E-state index contributed by atoms with van der Waals surface area (Å²) >= 11 is 0. The molecule has 2 aromatic heterocycles. The molecule has 0 amide bonds. The number of hydrogen-bond donors (Lipinski definition) is 2. The molecule has 1 fully saturated rings. The minimum atomic E-state index is -0.597. The predicted octanol–water partition coefficient (Wildman–Crippen LogP) is 1.47. The molecule has 8 heteroatoms. The number of nitrogens with zero attached hydrogens (tertiary/aromatic N) is 5. The molecule has 0 bridgehead atoms. The van der Waals surface area contributed by atoms with Crippen LogP contribution in [0, 0.1) is 0 Å². The number of anilines is 1. The normalized spacial score (nSPS) is 28.6. The SMILES string of the molecule is COc1nc(NC2CC(C)(O)C2)nn2ccc(C3=C[N+]4=CC=NC4C=C3)c12. The van der Waals surface area contributed by atoms with E-state index in [1.54, 1.807) is 11.6 Å². The molecule has 1 unspecified atom stereocenters. The summed E-state index contributed by atoms with van der Waals surface area (Å²) in [6, 6.07) is 2.18. The quantitative estimate of drug-likeness (QED) is 0.801. The summed E-state index contributed by atoms with van der Waals surface area (Å²) in [5, 5.41) is 17.8. The molecule has 2 N–H and O–H groups in total. The number of ether oxygens (including phenoxy) is 1. The van der Waals surface area contributed by atoms with Crippen LogP contribution in [0.4, 0.5) is 5.95 Å². The van der Waals surface area contributed by atoms with Crippen molar-refractivity contribution in [3.63, 3.8) is 0 Å². The van der Waals surface area contributed by atoms with Gasteiger partial charge in [0.1, 0.15) is 5.52 Å². The molecular weight excluding hydrogens is 344 g/mol. The van der Waals surface area contributed by atoms with Crippen molar-refractivity contribution in [2.75, 3.05) is 12.4 Å². The van der Waals surface area contributed by atoms with Gasteiger partial charge in [-0.3, -0.25) is 0 Å². The fourth-order valence-corrected chi connectivity index (χ4v) is 3.90. The number of rotatable bonds is 4. The molecule has 2 aromatic rings. The van der Waals surface area contributed by atoms with Gasteiger partial charge in [-0.25, -0.2) is 9.51 Å². The van der Waals surface area contributed by atoms with Gasteiger partial charge in [-0.1, -0.05) is 0 Å². The maximum atomic E-state index is 9.91. The van der Waals surface area contributed by atoms with Gasteiger partial charge in [0.2, 0.25) is 11.8 Å². The highest BCUT2D eigenvalue weighted by atomic mass is 16.5. The third-order valence-electron chi connectivity index (χ3n) is 5.21. The summed E-state index contributed by atoms with van der Waals surface area (Å²) < 4.78 is 9.40. The van der Waals surface area contributed by atoms with Crippen molar-refractivity contribution in [3.05, 3.63) is 36.2 Å². The number of aromatic nitrogens is 3. The molecule has 4 heterocycles. The van der Waals surface area contributed by atoms with Crippen LogP contribution in [0.5, 0.6) is 5.88 Å². The second kappa shape index (κ2) is 5.75. The Labute approximate surface area is 156 Å². The third kappa shape index (κ3) is 2.73. The summed E-state index contributed by atoms with van der Waals surface area (Å²) in [5.41, 5.74) is 2.27. The zero-order chi connectivity index (χ0) is 18.6. The Morgan fingerprint density at radius 3 is 3.04 bits per heavy atom. The van der Waals surface area contributed by atoms with Crippen LogP contribution in [0.25, 0.3) is 11.1 Å². The zero-order valence-electron chi connectivity index (χ0n) is 15.2. The highest BCUT2D eigenvalue weighted by molar-refractivity contribution is 6.14. The first-order valence-corrected chi connectivity index (χ1v) is 8.99. The van der Waals surface area contributed by atoms with E-state index < -0.39 is 5.60 Å². The number of allylic oxidation sites excluding steroid dienone is 2. The van der Waals surface area contributed by atoms with Crippen LogP contribution in [0.1, 0.15) is 25.3 Å². The van der Waals surface area contributed by atoms with Crippen LogP contribution in [0.2, 0.25) is 0 Å². The van der Waals surface area contributed by atoms with Crippen LogP contribution in [-0.4, -0.2) is 61.6 Å². The lowest BCUT2D eigenvalue weighted by atomic mass is 9.77. The molecule has 0 aromatic carbocycles. The Kier molecular flexibility index (Phi) is 3.45. The summed E-state index contributed by atoms with van der Waals surface area (Å²) in [5.74, 6) is 1.01. The first-order chi connectivity index (χ1) is 13.0. The van der Waals surface area contributed by atoms with Crippen molar-refractivity contribution in [3.8, 4) is 5.88 Å². The van der Waals surface area contributed by atoms with Gasteiger partial charge in [0.25, 0.3) is 6.17 Å². The Hall–Kier alpha value is -3.00. The molecule has 138 valence electrons. The Bertz CT molecular complexity index is 1040. The van der Waals surface area contributed by atoms with E-state index in [1.807, 2.05) is 31.6 Å². The van der Waals surface area contributed by atoms with E-state index in [9.17, 15) is 5.11 Å². The molecule has 3 aliphatic rings. The van der Waals surface area contributed by atoms with Crippen LogP contribution in [-0.2, 0) is 0 Å². The first-order valence-electron chi connectivity index (χ1n) is 8.99. The van der Waals surface area contributed by atoms with E-state index in [4.69, 9.17) is 4.74 Å². The molecule has 27 heavy (non-hydrogen) atoms. The van der Waals surface area contributed by atoms with E-state index in [0.29, 0.717) is 24.7 Å². The van der Waals surface area contributed by atoms with Crippen LogP contribution in [0.15, 0.2) is 35.6 Å². The lowest BCUT2D eigenvalue weighted by Crippen LogP contribution is -2.48. The third-order valence-corrected chi connectivity index (χ3v) is 5.21. The molecule has 2 aliphatic heterocycles. The smallest absolute Gasteiger partial charge is 0.270 e. The fraction of sp³-hybridized carbons (Fsp3) is 0.368. The number of nitrogens with one attached hydrogen (secondary N) is 1. The van der Waals surface area contributed by atoms with Gasteiger partial charge in [0.15, 0.2) is 12.4 Å². The van der Waals surface area contributed by atoms with Crippen molar-refractivity contribution < 1.29 is 14.4 Å². The van der Waals surface area contributed by atoms with Crippen LogP contribution in [0.3, 0.4) is 0 Å². The summed E-state index contributed by atoms with van der Waals surface area (Å²) in [4.78, 5) is 8.90.